The highest BCUT2D eigenvalue weighted by atomic mass is 127. The fraction of sp³-hybridized carbons (Fsp3) is 0.333. The quantitative estimate of drug-likeness (QED) is 0.734. The fourth-order valence-corrected chi connectivity index (χ4v) is 2.22. The van der Waals surface area contributed by atoms with E-state index >= 15 is 0 Å². The maximum atomic E-state index is 5.99. The van der Waals surface area contributed by atoms with Gasteiger partial charge in [0.2, 0.25) is 5.88 Å². The molecule has 3 nitrogen and oxygen atoms in total. The molecule has 2 aromatic rings. The van der Waals surface area contributed by atoms with Gasteiger partial charge in [-0.3, -0.25) is 0 Å². The maximum absolute atomic E-state index is 5.99. The predicted molar refractivity (Wildman–Crippen MR) is 84.7 cm³/mol. The van der Waals surface area contributed by atoms with Gasteiger partial charge in [0.05, 0.1) is 3.57 Å². The number of aryl methyl sites for hydroxylation is 1. The summed E-state index contributed by atoms with van der Waals surface area (Å²) in [5.41, 5.74) is 2.38. The van der Waals surface area contributed by atoms with E-state index in [1.54, 1.807) is 6.20 Å². The van der Waals surface area contributed by atoms with Gasteiger partial charge in [-0.2, -0.15) is 0 Å². The van der Waals surface area contributed by atoms with Crippen molar-refractivity contribution in [1.82, 2.24) is 9.97 Å². The number of benzene rings is 1. The number of aromatic nitrogens is 2. The Hall–Kier alpha value is -1.17. The van der Waals surface area contributed by atoms with Gasteiger partial charge < -0.3 is 4.74 Å². The van der Waals surface area contributed by atoms with Gasteiger partial charge in [-0.1, -0.05) is 32.9 Å². The van der Waals surface area contributed by atoms with Gasteiger partial charge in [0.25, 0.3) is 0 Å². The Morgan fingerprint density at radius 1 is 1.21 bits per heavy atom. The maximum Gasteiger partial charge on any atom is 0.235 e. The summed E-state index contributed by atoms with van der Waals surface area (Å²) in [7, 11) is 0. The van der Waals surface area contributed by atoms with E-state index in [1.807, 2.05) is 0 Å². The zero-order valence-corrected chi connectivity index (χ0v) is 13.7. The molecule has 0 unspecified atom stereocenters. The smallest absolute Gasteiger partial charge is 0.235 e. The van der Waals surface area contributed by atoms with Gasteiger partial charge in [0.1, 0.15) is 12.1 Å². The van der Waals surface area contributed by atoms with E-state index in [0.717, 1.165) is 9.32 Å². The molecular weight excluding hydrogens is 351 g/mol. The van der Waals surface area contributed by atoms with Gasteiger partial charge in [-0.05, 0) is 46.6 Å². The van der Waals surface area contributed by atoms with Crippen molar-refractivity contribution in [2.75, 3.05) is 0 Å². The minimum Gasteiger partial charge on any atom is -0.438 e. The molecule has 0 saturated carbocycles. The van der Waals surface area contributed by atoms with Crippen molar-refractivity contribution >= 4 is 22.6 Å². The normalized spacial score (nSPS) is 11.4. The Labute approximate surface area is 127 Å². The lowest BCUT2D eigenvalue weighted by Gasteiger charge is -2.23. The number of ether oxygens (including phenoxy) is 1. The molecule has 0 atom stereocenters. The molecule has 0 aliphatic rings. The Balaban J connectivity index is 2.45. The molecule has 100 valence electrons. The van der Waals surface area contributed by atoms with E-state index in [9.17, 15) is 0 Å². The molecule has 0 fully saturated rings. The second kappa shape index (κ2) is 5.45. The Kier molecular flexibility index (Phi) is 4.08. The lowest BCUT2D eigenvalue weighted by atomic mass is 9.86. The van der Waals surface area contributed by atoms with Crippen LogP contribution in [-0.2, 0) is 5.41 Å². The first-order valence-corrected chi connectivity index (χ1v) is 7.20. The van der Waals surface area contributed by atoms with Crippen LogP contribution in [0.2, 0.25) is 0 Å². The van der Waals surface area contributed by atoms with E-state index in [1.165, 1.54) is 17.5 Å². The summed E-state index contributed by atoms with van der Waals surface area (Å²) in [5.74, 6) is 1.47. The van der Waals surface area contributed by atoms with Gasteiger partial charge in [-0.15, -0.1) is 0 Å². The summed E-state index contributed by atoms with van der Waals surface area (Å²) in [6, 6.07) is 6.29. The third kappa shape index (κ3) is 3.43. The van der Waals surface area contributed by atoms with Crippen molar-refractivity contribution in [3.63, 3.8) is 0 Å². The summed E-state index contributed by atoms with van der Waals surface area (Å²) in [5, 5.41) is 0. The van der Waals surface area contributed by atoms with Crippen LogP contribution in [0, 0.1) is 10.5 Å². The lowest BCUT2D eigenvalue weighted by Crippen LogP contribution is -2.13. The van der Waals surface area contributed by atoms with Crippen LogP contribution in [0.4, 0.5) is 0 Å². The lowest BCUT2D eigenvalue weighted by molar-refractivity contribution is 0.435. The summed E-state index contributed by atoms with van der Waals surface area (Å²) < 4.78 is 6.89. The van der Waals surface area contributed by atoms with Crippen LogP contribution in [0.1, 0.15) is 31.9 Å². The largest absolute Gasteiger partial charge is 0.438 e. The Morgan fingerprint density at radius 2 is 1.95 bits per heavy atom. The summed E-state index contributed by atoms with van der Waals surface area (Å²) in [6.07, 6.45) is 3.25. The molecular formula is C15H17IN2O. The van der Waals surface area contributed by atoms with Crippen molar-refractivity contribution in [3.8, 4) is 11.6 Å². The number of hydrogen-bond acceptors (Lipinski definition) is 3. The van der Waals surface area contributed by atoms with Crippen molar-refractivity contribution in [2.45, 2.75) is 33.1 Å². The Bertz CT molecular complexity index is 591. The van der Waals surface area contributed by atoms with Crippen LogP contribution in [0.25, 0.3) is 0 Å². The highest BCUT2D eigenvalue weighted by molar-refractivity contribution is 14.1. The molecule has 1 heterocycles. The average molecular weight is 368 g/mol. The molecule has 4 heteroatoms. The monoisotopic (exact) mass is 368 g/mol. The minimum absolute atomic E-state index is 0.0293. The van der Waals surface area contributed by atoms with Crippen molar-refractivity contribution in [2.24, 2.45) is 0 Å². The SMILES string of the molecule is Cc1ccc(C(C)(C)C)c(Oc2ncncc2I)c1. The molecule has 1 aromatic carbocycles. The fourth-order valence-electron chi connectivity index (χ4n) is 1.81. The molecule has 0 aliphatic heterocycles. The van der Waals surface area contributed by atoms with Gasteiger partial charge in [0, 0.05) is 11.8 Å². The summed E-state index contributed by atoms with van der Waals surface area (Å²) in [6.45, 7) is 8.59. The van der Waals surface area contributed by atoms with Gasteiger partial charge in [0.15, 0.2) is 0 Å². The summed E-state index contributed by atoms with van der Waals surface area (Å²) >= 11 is 2.18. The molecule has 0 radical (unpaired) electrons. The molecule has 1 aromatic heterocycles. The molecule has 0 aliphatic carbocycles. The molecule has 2 rings (SSSR count). The Morgan fingerprint density at radius 3 is 2.58 bits per heavy atom. The number of halogens is 1. The first-order valence-electron chi connectivity index (χ1n) is 6.12. The first kappa shape index (κ1) is 14.2. The molecule has 0 saturated heterocycles. The van der Waals surface area contributed by atoms with Crippen LogP contribution < -0.4 is 4.74 Å². The third-order valence-electron chi connectivity index (χ3n) is 2.79. The van der Waals surface area contributed by atoms with Crippen LogP contribution in [0.15, 0.2) is 30.7 Å². The van der Waals surface area contributed by atoms with Crippen molar-refractivity contribution in [3.05, 3.63) is 45.4 Å². The molecule has 0 N–H and O–H groups in total. The van der Waals surface area contributed by atoms with E-state index in [0.29, 0.717) is 5.88 Å². The third-order valence-corrected chi connectivity index (χ3v) is 3.53. The van der Waals surface area contributed by atoms with E-state index in [4.69, 9.17) is 4.74 Å². The van der Waals surface area contributed by atoms with Crippen LogP contribution in [0.3, 0.4) is 0 Å². The van der Waals surface area contributed by atoms with Crippen molar-refractivity contribution in [1.29, 1.82) is 0 Å². The zero-order chi connectivity index (χ0) is 14.0. The molecule has 0 bridgehead atoms. The van der Waals surface area contributed by atoms with E-state index in [2.05, 4.69) is 78.5 Å². The zero-order valence-electron chi connectivity index (χ0n) is 11.6. The number of hydrogen-bond donors (Lipinski definition) is 0. The van der Waals surface area contributed by atoms with E-state index < -0.39 is 0 Å². The standard InChI is InChI=1S/C15H17IN2O/c1-10-5-6-11(15(2,3)4)13(7-10)19-14-12(16)8-17-9-18-14/h5-9H,1-4H3. The second-order valence-electron chi connectivity index (χ2n) is 5.53. The predicted octanol–water partition coefficient (Wildman–Crippen LogP) is 4.48. The van der Waals surface area contributed by atoms with Gasteiger partial charge in [-0.25, -0.2) is 9.97 Å². The van der Waals surface area contributed by atoms with Gasteiger partial charge >= 0.3 is 0 Å². The number of nitrogens with zero attached hydrogens (tertiary/aromatic N) is 2. The van der Waals surface area contributed by atoms with Crippen LogP contribution in [0.5, 0.6) is 11.6 Å². The number of rotatable bonds is 2. The molecule has 0 amide bonds. The minimum atomic E-state index is 0.0293. The molecule has 0 spiro atoms. The summed E-state index contributed by atoms with van der Waals surface area (Å²) in [4.78, 5) is 8.16. The highest BCUT2D eigenvalue weighted by Crippen LogP contribution is 2.35. The first-order chi connectivity index (χ1) is 8.88. The van der Waals surface area contributed by atoms with Crippen LogP contribution in [-0.4, -0.2) is 9.97 Å². The average Bonchev–Trinajstić information content (AvgIpc) is 2.30. The molecule has 19 heavy (non-hydrogen) atoms. The van der Waals surface area contributed by atoms with Crippen LogP contribution >= 0.6 is 22.6 Å². The van der Waals surface area contributed by atoms with Crippen molar-refractivity contribution < 1.29 is 4.74 Å². The second-order valence-corrected chi connectivity index (χ2v) is 6.69. The highest BCUT2D eigenvalue weighted by Gasteiger charge is 2.20. The topological polar surface area (TPSA) is 35.0 Å². The van der Waals surface area contributed by atoms with E-state index in [-0.39, 0.29) is 5.41 Å².